The lowest BCUT2D eigenvalue weighted by Crippen LogP contribution is -2.01. The van der Waals surface area contributed by atoms with Crippen LogP contribution < -0.4 is 5.73 Å². The molecule has 0 amide bonds. The second-order valence-electron chi connectivity index (χ2n) is 2.78. The average molecular weight is 195 g/mol. The minimum absolute atomic E-state index is 0.0888. The Morgan fingerprint density at radius 1 is 1.14 bits per heavy atom. The highest BCUT2D eigenvalue weighted by Crippen LogP contribution is 2.21. The molecule has 0 saturated heterocycles. The SMILES string of the molecule is Nc1nc(C(F)F)nc2ccccc12. The molecule has 1 aromatic heterocycles. The molecule has 0 bridgehead atoms. The molecule has 3 nitrogen and oxygen atoms in total. The molecule has 0 aliphatic heterocycles. The molecule has 72 valence electrons. The standard InChI is InChI=1S/C9H7F2N3/c10-7(11)9-13-6-4-2-1-3-5(6)8(12)14-9/h1-4,7H,(H2,12,13,14). The number of halogens is 2. The Morgan fingerprint density at radius 3 is 2.57 bits per heavy atom. The maximum atomic E-state index is 12.3. The Morgan fingerprint density at radius 2 is 1.86 bits per heavy atom. The topological polar surface area (TPSA) is 51.8 Å². The predicted octanol–water partition coefficient (Wildman–Crippen LogP) is 2.15. The first-order valence-electron chi connectivity index (χ1n) is 3.99. The van der Waals surface area contributed by atoms with E-state index in [1.54, 1.807) is 24.3 Å². The number of aromatic nitrogens is 2. The number of fused-ring (bicyclic) bond motifs is 1. The van der Waals surface area contributed by atoms with Crippen LogP contribution in [0.3, 0.4) is 0 Å². The summed E-state index contributed by atoms with van der Waals surface area (Å²) in [6, 6.07) is 6.79. The summed E-state index contributed by atoms with van der Waals surface area (Å²) in [7, 11) is 0. The fourth-order valence-electron chi connectivity index (χ4n) is 1.22. The maximum Gasteiger partial charge on any atom is 0.297 e. The lowest BCUT2D eigenvalue weighted by Gasteiger charge is -2.03. The largest absolute Gasteiger partial charge is 0.383 e. The van der Waals surface area contributed by atoms with Gasteiger partial charge in [-0.15, -0.1) is 0 Å². The van der Waals surface area contributed by atoms with Crippen molar-refractivity contribution in [3.05, 3.63) is 30.1 Å². The first-order valence-corrected chi connectivity index (χ1v) is 3.99. The number of alkyl halides is 2. The van der Waals surface area contributed by atoms with E-state index in [-0.39, 0.29) is 5.82 Å². The minimum Gasteiger partial charge on any atom is -0.383 e. The van der Waals surface area contributed by atoms with E-state index in [1.807, 2.05) is 0 Å². The van der Waals surface area contributed by atoms with Crippen LogP contribution >= 0.6 is 0 Å². The zero-order valence-electron chi connectivity index (χ0n) is 7.11. The number of rotatable bonds is 1. The van der Waals surface area contributed by atoms with Gasteiger partial charge in [0.15, 0.2) is 5.82 Å². The molecule has 0 aliphatic rings. The van der Waals surface area contributed by atoms with Crippen molar-refractivity contribution in [2.45, 2.75) is 6.43 Å². The second kappa shape index (κ2) is 3.17. The van der Waals surface area contributed by atoms with E-state index in [1.165, 1.54) is 0 Å². The molecule has 0 fully saturated rings. The van der Waals surface area contributed by atoms with Gasteiger partial charge >= 0.3 is 0 Å². The van der Waals surface area contributed by atoms with Gasteiger partial charge in [0.1, 0.15) is 5.82 Å². The number of anilines is 1. The minimum atomic E-state index is -2.69. The summed E-state index contributed by atoms with van der Waals surface area (Å²) in [5.74, 6) is -0.438. The van der Waals surface area contributed by atoms with Crippen molar-refractivity contribution in [3.63, 3.8) is 0 Å². The van der Waals surface area contributed by atoms with Crippen LogP contribution in [0.4, 0.5) is 14.6 Å². The predicted molar refractivity (Wildman–Crippen MR) is 48.9 cm³/mol. The Kier molecular flexibility index (Phi) is 1.99. The molecular formula is C9H7F2N3. The zero-order chi connectivity index (χ0) is 10.1. The third kappa shape index (κ3) is 1.37. The molecule has 2 N–H and O–H groups in total. The quantitative estimate of drug-likeness (QED) is 0.758. The van der Waals surface area contributed by atoms with E-state index in [0.717, 1.165) is 0 Å². The molecule has 0 aliphatic carbocycles. The van der Waals surface area contributed by atoms with Crippen molar-refractivity contribution in [2.24, 2.45) is 0 Å². The molecule has 2 rings (SSSR count). The van der Waals surface area contributed by atoms with Crippen LogP contribution in [0.15, 0.2) is 24.3 Å². The van der Waals surface area contributed by atoms with Crippen molar-refractivity contribution in [2.75, 3.05) is 5.73 Å². The first-order chi connectivity index (χ1) is 6.68. The summed E-state index contributed by atoms with van der Waals surface area (Å²) in [6.45, 7) is 0. The van der Waals surface area contributed by atoms with Gasteiger partial charge in [-0.3, -0.25) is 0 Å². The van der Waals surface area contributed by atoms with Crippen molar-refractivity contribution in [1.82, 2.24) is 9.97 Å². The lowest BCUT2D eigenvalue weighted by molar-refractivity contribution is 0.141. The summed E-state index contributed by atoms with van der Waals surface area (Å²) >= 11 is 0. The third-order valence-corrected chi connectivity index (χ3v) is 1.85. The van der Waals surface area contributed by atoms with Gasteiger partial charge in [0.2, 0.25) is 0 Å². The summed E-state index contributed by atoms with van der Waals surface area (Å²) in [5.41, 5.74) is 5.95. The van der Waals surface area contributed by atoms with Crippen LogP contribution in [-0.2, 0) is 0 Å². The van der Waals surface area contributed by atoms with E-state index < -0.39 is 12.2 Å². The van der Waals surface area contributed by atoms with E-state index >= 15 is 0 Å². The highest BCUT2D eigenvalue weighted by molar-refractivity contribution is 5.87. The van der Waals surface area contributed by atoms with Gasteiger partial charge in [-0.25, -0.2) is 18.7 Å². The summed E-state index contributed by atoms with van der Waals surface area (Å²) < 4.78 is 24.6. The fourth-order valence-corrected chi connectivity index (χ4v) is 1.22. The Balaban J connectivity index is 2.72. The van der Waals surface area contributed by atoms with Gasteiger partial charge in [0.05, 0.1) is 5.52 Å². The Hall–Kier alpha value is -1.78. The summed E-state index contributed by atoms with van der Waals surface area (Å²) in [5, 5.41) is 0.594. The summed E-state index contributed by atoms with van der Waals surface area (Å²) in [4.78, 5) is 7.21. The van der Waals surface area contributed by atoms with Crippen LogP contribution in [0.25, 0.3) is 10.9 Å². The first kappa shape index (κ1) is 8.80. The van der Waals surface area contributed by atoms with E-state index in [0.29, 0.717) is 10.9 Å². The van der Waals surface area contributed by atoms with Gasteiger partial charge < -0.3 is 5.73 Å². The smallest absolute Gasteiger partial charge is 0.297 e. The number of hydrogen-bond acceptors (Lipinski definition) is 3. The van der Waals surface area contributed by atoms with Crippen LogP contribution in [-0.4, -0.2) is 9.97 Å². The molecule has 1 heterocycles. The van der Waals surface area contributed by atoms with E-state index in [4.69, 9.17) is 5.73 Å². The molecule has 0 atom stereocenters. The fraction of sp³-hybridized carbons (Fsp3) is 0.111. The summed E-state index contributed by atoms with van der Waals surface area (Å²) in [6.07, 6.45) is -2.69. The van der Waals surface area contributed by atoms with Crippen molar-refractivity contribution in [1.29, 1.82) is 0 Å². The molecule has 14 heavy (non-hydrogen) atoms. The van der Waals surface area contributed by atoms with Gasteiger partial charge in [-0.05, 0) is 12.1 Å². The molecule has 5 heteroatoms. The number of hydrogen-bond donors (Lipinski definition) is 1. The van der Waals surface area contributed by atoms with Crippen LogP contribution in [0.1, 0.15) is 12.2 Å². The molecule has 0 saturated carbocycles. The van der Waals surface area contributed by atoms with Gasteiger partial charge in [0, 0.05) is 5.39 Å². The molecule has 0 radical (unpaired) electrons. The van der Waals surface area contributed by atoms with Crippen molar-refractivity contribution >= 4 is 16.7 Å². The van der Waals surface area contributed by atoms with Crippen molar-refractivity contribution in [3.8, 4) is 0 Å². The second-order valence-corrected chi connectivity index (χ2v) is 2.78. The number of para-hydroxylation sites is 1. The van der Waals surface area contributed by atoms with Crippen LogP contribution in [0, 0.1) is 0 Å². The molecule has 2 aromatic rings. The lowest BCUT2D eigenvalue weighted by atomic mass is 10.2. The average Bonchev–Trinajstić information content (AvgIpc) is 2.17. The zero-order valence-corrected chi connectivity index (χ0v) is 7.11. The van der Waals surface area contributed by atoms with E-state index in [2.05, 4.69) is 9.97 Å². The van der Waals surface area contributed by atoms with E-state index in [9.17, 15) is 8.78 Å². The monoisotopic (exact) mass is 195 g/mol. The maximum absolute atomic E-state index is 12.3. The van der Waals surface area contributed by atoms with Crippen molar-refractivity contribution < 1.29 is 8.78 Å². The van der Waals surface area contributed by atoms with Gasteiger partial charge in [-0.2, -0.15) is 0 Å². The third-order valence-electron chi connectivity index (χ3n) is 1.85. The highest BCUT2D eigenvalue weighted by atomic mass is 19.3. The van der Waals surface area contributed by atoms with Gasteiger partial charge in [0.25, 0.3) is 6.43 Å². The number of nitrogen functional groups attached to an aromatic ring is 1. The molecular weight excluding hydrogens is 188 g/mol. The number of nitrogens with two attached hydrogens (primary N) is 1. The Bertz CT molecular complexity index is 471. The van der Waals surface area contributed by atoms with Crippen LogP contribution in [0.2, 0.25) is 0 Å². The number of nitrogens with zero attached hydrogens (tertiary/aromatic N) is 2. The molecule has 0 unspecified atom stereocenters. The molecule has 1 aromatic carbocycles. The number of benzene rings is 1. The van der Waals surface area contributed by atoms with Crippen LogP contribution in [0.5, 0.6) is 0 Å². The Labute approximate surface area is 78.6 Å². The normalized spacial score (nSPS) is 11.1. The van der Waals surface area contributed by atoms with Gasteiger partial charge in [-0.1, -0.05) is 12.1 Å². The highest BCUT2D eigenvalue weighted by Gasteiger charge is 2.13. The molecule has 0 spiro atoms.